The van der Waals surface area contributed by atoms with Gasteiger partial charge in [-0.25, -0.2) is 0 Å². The van der Waals surface area contributed by atoms with Crippen LogP contribution in [0.25, 0.3) is 44.2 Å². The van der Waals surface area contributed by atoms with Crippen LogP contribution >= 0.6 is 0 Å². The molecular formula is C53H35NO. The predicted octanol–water partition coefficient (Wildman–Crippen LogP) is 14.1. The van der Waals surface area contributed by atoms with E-state index in [9.17, 15) is 0 Å². The van der Waals surface area contributed by atoms with Crippen molar-refractivity contribution >= 4 is 27.8 Å². The van der Waals surface area contributed by atoms with Crippen molar-refractivity contribution in [1.82, 2.24) is 0 Å². The van der Waals surface area contributed by atoms with Crippen LogP contribution in [-0.2, 0) is 5.41 Å². The SMILES string of the molecule is c1ccc(-c2ccc3c(-c4ccc(N(c5ccccc5)c5ccc6c(c5)C5(c7ccccc7Oc7ccccc75)c5ccccc5-6)cc4)cccc3c2)cc1. The first-order valence-electron chi connectivity index (χ1n) is 18.9. The van der Waals surface area contributed by atoms with E-state index in [1.165, 1.54) is 66.4 Å². The number of benzene rings is 9. The van der Waals surface area contributed by atoms with Crippen molar-refractivity contribution in [3.63, 3.8) is 0 Å². The Kier molecular flexibility index (Phi) is 7.11. The number of para-hydroxylation sites is 3. The van der Waals surface area contributed by atoms with Crippen LogP contribution in [0.4, 0.5) is 17.1 Å². The van der Waals surface area contributed by atoms with Crippen molar-refractivity contribution in [2.75, 3.05) is 4.90 Å². The second-order valence-corrected chi connectivity index (χ2v) is 14.4. The van der Waals surface area contributed by atoms with Crippen molar-refractivity contribution in [1.29, 1.82) is 0 Å². The minimum absolute atomic E-state index is 0.533. The highest BCUT2D eigenvalue weighted by Crippen LogP contribution is 2.62. The molecule has 0 aromatic heterocycles. The summed E-state index contributed by atoms with van der Waals surface area (Å²) in [5.74, 6) is 1.80. The Morgan fingerprint density at radius 3 is 1.64 bits per heavy atom. The third-order valence-electron chi connectivity index (χ3n) is 11.5. The Balaban J connectivity index is 1.06. The van der Waals surface area contributed by atoms with Gasteiger partial charge in [-0.2, -0.15) is 0 Å². The number of ether oxygens (including phenoxy) is 1. The summed E-state index contributed by atoms with van der Waals surface area (Å²) < 4.78 is 6.60. The lowest BCUT2D eigenvalue weighted by molar-refractivity contribution is 0.436. The molecule has 2 aliphatic rings. The van der Waals surface area contributed by atoms with E-state index in [1.54, 1.807) is 0 Å². The number of fused-ring (bicyclic) bond motifs is 10. The molecule has 0 atom stereocenters. The molecule has 9 aromatic rings. The van der Waals surface area contributed by atoms with Crippen LogP contribution in [0.1, 0.15) is 22.3 Å². The molecule has 0 bridgehead atoms. The standard InChI is InChI=1S/C53H35NO/c1-3-14-36(15-4-1)38-28-32-44-39(34-38)16-13-20-43(44)37-26-29-41(30-27-37)54(40-17-5-2-6-18-40)42-31-33-46-45-19-7-8-21-47(45)53(50(46)35-42)48-22-9-11-24-51(48)55-52-25-12-10-23-49(52)53/h1-35H. The number of rotatable bonds is 5. The highest BCUT2D eigenvalue weighted by Gasteiger charge is 2.51. The number of hydrogen-bond donors (Lipinski definition) is 0. The smallest absolute Gasteiger partial charge is 0.132 e. The fourth-order valence-corrected chi connectivity index (χ4v) is 9.14. The topological polar surface area (TPSA) is 12.5 Å². The van der Waals surface area contributed by atoms with Gasteiger partial charge < -0.3 is 9.64 Å². The van der Waals surface area contributed by atoms with Gasteiger partial charge in [0.05, 0.1) is 5.41 Å². The van der Waals surface area contributed by atoms with Crippen molar-refractivity contribution in [3.05, 3.63) is 235 Å². The zero-order chi connectivity index (χ0) is 36.3. The van der Waals surface area contributed by atoms with Gasteiger partial charge in [-0.05, 0) is 110 Å². The van der Waals surface area contributed by atoms with Crippen molar-refractivity contribution in [2.45, 2.75) is 5.41 Å². The van der Waals surface area contributed by atoms with Crippen LogP contribution in [0.2, 0.25) is 0 Å². The molecule has 9 aromatic carbocycles. The third kappa shape index (κ3) is 4.82. The molecule has 0 amide bonds. The Hall–Kier alpha value is -7.16. The second-order valence-electron chi connectivity index (χ2n) is 14.4. The summed E-state index contributed by atoms with van der Waals surface area (Å²) in [6.45, 7) is 0. The highest BCUT2D eigenvalue weighted by atomic mass is 16.5. The van der Waals surface area contributed by atoms with Crippen molar-refractivity contribution in [2.24, 2.45) is 0 Å². The van der Waals surface area contributed by atoms with Gasteiger partial charge >= 0.3 is 0 Å². The molecule has 258 valence electrons. The summed E-state index contributed by atoms with van der Waals surface area (Å²) in [6, 6.07) is 76.8. The van der Waals surface area contributed by atoms with Crippen molar-refractivity contribution < 1.29 is 4.74 Å². The minimum Gasteiger partial charge on any atom is -0.457 e. The first-order chi connectivity index (χ1) is 27.3. The molecule has 1 aliphatic carbocycles. The van der Waals surface area contributed by atoms with E-state index < -0.39 is 5.41 Å². The molecule has 1 heterocycles. The lowest BCUT2D eigenvalue weighted by atomic mass is 9.66. The summed E-state index contributed by atoms with van der Waals surface area (Å²) >= 11 is 0. The van der Waals surface area contributed by atoms with E-state index in [1.807, 2.05) is 0 Å². The lowest BCUT2D eigenvalue weighted by Crippen LogP contribution is -2.32. The van der Waals surface area contributed by atoms with E-state index in [-0.39, 0.29) is 0 Å². The van der Waals surface area contributed by atoms with E-state index in [0.29, 0.717) is 0 Å². The first-order valence-corrected chi connectivity index (χ1v) is 18.9. The maximum atomic E-state index is 6.60. The zero-order valence-electron chi connectivity index (χ0n) is 30.1. The summed E-state index contributed by atoms with van der Waals surface area (Å²) in [5, 5.41) is 2.48. The Labute approximate surface area is 321 Å². The maximum Gasteiger partial charge on any atom is 0.132 e. The van der Waals surface area contributed by atoms with Gasteiger partial charge in [0.2, 0.25) is 0 Å². The largest absolute Gasteiger partial charge is 0.457 e. The molecule has 0 saturated heterocycles. The van der Waals surface area contributed by atoms with E-state index >= 15 is 0 Å². The third-order valence-corrected chi connectivity index (χ3v) is 11.5. The maximum absolute atomic E-state index is 6.60. The van der Waals surface area contributed by atoms with Gasteiger partial charge in [-0.3, -0.25) is 0 Å². The average molecular weight is 702 g/mol. The van der Waals surface area contributed by atoms with Crippen LogP contribution in [-0.4, -0.2) is 0 Å². The van der Waals surface area contributed by atoms with Gasteiger partial charge in [0.15, 0.2) is 0 Å². The highest BCUT2D eigenvalue weighted by molar-refractivity contribution is 5.99. The summed E-state index contributed by atoms with van der Waals surface area (Å²) in [7, 11) is 0. The summed E-state index contributed by atoms with van der Waals surface area (Å²) in [6.07, 6.45) is 0. The van der Waals surface area contributed by atoms with Gasteiger partial charge in [0, 0.05) is 28.2 Å². The Morgan fingerprint density at radius 2 is 0.891 bits per heavy atom. The second kappa shape index (κ2) is 12.5. The molecule has 2 heteroatoms. The molecule has 0 N–H and O–H groups in total. The molecule has 0 unspecified atom stereocenters. The van der Waals surface area contributed by atoms with Crippen LogP contribution in [0.5, 0.6) is 11.5 Å². The summed E-state index contributed by atoms with van der Waals surface area (Å²) in [5.41, 5.74) is 15.0. The van der Waals surface area contributed by atoms with E-state index in [2.05, 4.69) is 217 Å². The molecule has 11 rings (SSSR count). The first kappa shape index (κ1) is 31.4. The number of nitrogens with zero attached hydrogens (tertiary/aromatic N) is 1. The minimum atomic E-state index is -0.533. The molecule has 0 fully saturated rings. The number of anilines is 3. The molecule has 1 spiro atoms. The number of hydrogen-bond acceptors (Lipinski definition) is 2. The molecule has 0 radical (unpaired) electrons. The molecule has 1 aliphatic heterocycles. The fourth-order valence-electron chi connectivity index (χ4n) is 9.14. The predicted molar refractivity (Wildman–Crippen MR) is 227 cm³/mol. The van der Waals surface area contributed by atoms with Gasteiger partial charge in [0.1, 0.15) is 11.5 Å². The van der Waals surface area contributed by atoms with Gasteiger partial charge in [-0.1, -0.05) is 158 Å². The molecular weight excluding hydrogens is 667 g/mol. The molecule has 0 saturated carbocycles. The normalized spacial score (nSPS) is 13.0. The average Bonchev–Trinajstić information content (AvgIpc) is 3.54. The van der Waals surface area contributed by atoms with Crippen LogP contribution < -0.4 is 9.64 Å². The van der Waals surface area contributed by atoms with Crippen LogP contribution in [0, 0.1) is 0 Å². The quantitative estimate of drug-likeness (QED) is 0.177. The molecule has 2 nitrogen and oxygen atoms in total. The van der Waals surface area contributed by atoms with Gasteiger partial charge in [0.25, 0.3) is 0 Å². The Morgan fingerprint density at radius 1 is 0.327 bits per heavy atom. The lowest BCUT2D eigenvalue weighted by Gasteiger charge is -2.39. The summed E-state index contributed by atoms with van der Waals surface area (Å²) in [4.78, 5) is 2.38. The zero-order valence-corrected chi connectivity index (χ0v) is 30.1. The fraction of sp³-hybridized carbons (Fsp3) is 0.0189. The monoisotopic (exact) mass is 701 g/mol. The van der Waals surface area contributed by atoms with Crippen LogP contribution in [0.15, 0.2) is 212 Å². The molecule has 55 heavy (non-hydrogen) atoms. The van der Waals surface area contributed by atoms with E-state index in [4.69, 9.17) is 4.74 Å². The van der Waals surface area contributed by atoms with E-state index in [0.717, 1.165) is 28.6 Å². The van der Waals surface area contributed by atoms with Crippen molar-refractivity contribution in [3.8, 4) is 44.9 Å². The van der Waals surface area contributed by atoms with Crippen LogP contribution in [0.3, 0.4) is 0 Å². The van der Waals surface area contributed by atoms with Gasteiger partial charge in [-0.15, -0.1) is 0 Å². The Bertz CT molecular complexity index is 2850.